The van der Waals surface area contributed by atoms with Crippen molar-refractivity contribution in [3.8, 4) is 0 Å². The molecule has 0 saturated carbocycles. The number of amides is 1. The smallest absolute Gasteiger partial charge is 0.232 e. The highest BCUT2D eigenvalue weighted by Crippen LogP contribution is 2.46. The first-order valence-electron chi connectivity index (χ1n) is 11.5. The van der Waals surface area contributed by atoms with Crippen LogP contribution in [0.2, 0.25) is 0 Å². The average Bonchev–Trinajstić information content (AvgIpc) is 3.20. The topological polar surface area (TPSA) is 46.3 Å². The Morgan fingerprint density at radius 1 is 0.938 bits per heavy atom. The lowest BCUT2D eigenvalue weighted by molar-refractivity contribution is -0.124. The first-order chi connectivity index (χ1) is 15.6. The minimum Gasteiger partial charge on any atom is -0.369 e. The molecule has 3 aromatic carbocycles. The van der Waals surface area contributed by atoms with Gasteiger partial charge in [0.2, 0.25) is 5.91 Å². The Labute approximate surface area is 196 Å². The summed E-state index contributed by atoms with van der Waals surface area (Å²) in [7, 11) is 0. The standard InChI is InChI=1S/C28H32N2OS/c1-22-26(18-20-30(22)19-11-21-32-25-16-9-4-10-17-25)28(27(29)31,23-12-5-2-6-13-23)24-14-7-3-8-15-24/h2-10,12-17,22,26H,11,18-21H2,1H3,(H2,29,31). The van der Waals surface area contributed by atoms with E-state index in [2.05, 4.69) is 66.4 Å². The van der Waals surface area contributed by atoms with E-state index < -0.39 is 5.41 Å². The number of carbonyl (C=O) groups is 1. The maximum atomic E-state index is 13.3. The molecular formula is C28H32N2OS. The van der Waals surface area contributed by atoms with E-state index in [1.807, 2.05) is 48.2 Å². The molecule has 0 aromatic heterocycles. The zero-order valence-electron chi connectivity index (χ0n) is 18.7. The van der Waals surface area contributed by atoms with Crippen LogP contribution in [0.25, 0.3) is 0 Å². The predicted octanol–water partition coefficient (Wildman–Crippen LogP) is 5.35. The Morgan fingerprint density at radius 2 is 1.47 bits per heavy atom. The van der Waals surface area contributed by atoms with Crippen LogP contribution in [-0.4, -0.2) is 35.7 Å². The van der Waals surface area contributed by atoms with E-state index in [4.69, 9.17) is 5.73 Å². The highest BCUT2D eigenvalue weighted by atomic mass is 32.2. The third kappa shape index (κ3) is 4.48. The second-order valence-electron chi connectivity index (χ2n) is 8.59. The Bertz CT molecular complexity index is 954. The van der Waals surface area contributed by atoms with Crippen molar-refractivity contribution in [2.45, 2.75) is 36.1 Å². The van der Waals surface area contributed by atoms with Crippen molar-refractivity contribution in [3.63, 3.8) is 0 Å². The summed E-state index contributed by atoms with van der Waals surface area (Å²) in [6.07, 6.45) is 2.08. The Hall–Kier alpha value is -2.56. The molecule has 0 bridgehead atoms. The summed E-state index contributed by atoms with van der Waals surface area (Å²) in [5, 5.41) is 0. The van der Waals surface area contributed by atoms with Gasteiger partial charge in [-0.15, -0.1) is 11.8 Å². The second kappa shape index (κ2) is 10.4. The molecule has 1 aliphatic rings. The summed E-state index contributed by atoms with van der Waals surface area (Å²) in [4.78, 5) is 17.1. The van der Waals surface area contributed by atoms with Crippen LogP contribution in [-0.2, 0) is 10.2 Å². The number of hydrogen-bond acceptors (Lipinski definition) is 3. The lowest BCUT2D eigenvalue weighted by Gasteiger charge is -2.40. The third-order valence-corrected chi connectivity index (χ3v) is 7.99. The molecule has 166 valence electrons. The molecule has 1 amide bonds. The summed E-state index contributed by atoms with van der Waals surface area (Å²) in [6, 6.07) is 31.1. The lowest BCUT2D eigenvalue weighted by atomic mass is 9.63. The molecule has 1 heterocycles. The van der Waals surface area contributed by atoms with Crippen molar-refractivity contribution < 1.29 is 4.79 Å². The molecule has 2 N–H and O–H groups in total. The van der Waals surface area contributed by atoms with Crippen molar-refractivity contribution >= 4 is 17.7 Å². The van der Waals surface area contributed by atoms with Crippen molar-refractivity contribution in [3.05, 3.63) is 102 Å². The minimum atomic E-state index is -0.824. The maximum Gasteiger partial charge on any atom is 0.232 e. The molecule has 1 saturated heterocycles. The SMILES string of the molecule is CC1C(C(C(N)=O)(c2ccccc2)c2ccccc2)CCN1CCCSc1ccccc1. The van der Waals surface area contributed by atoms with E-state index in [1.54, 1.807) is 0 Å². The van der Waals surface area contributed by atoms with Crippen LogP contribution >= 0.6 is 11.8 Å². The Balaban J connectivity index is 1.54. The first kappa shape index (κ1) is 22.6. The van der Waals surface area contributed by atoms with Crippen LogP contribution in [0, 0.1) is 5.92 Å². The van der Waals surface area contributed by atoms with Crippen molar-refractivity contribution in [2.24, 2.45) is 11.7 Å². The van der Waals surface area contributed by atoms with Gasteiger partial charge in [-0.2, -0.15) is 0 Å². The first-order valence-corrected chi connectivity index (χ1v) is 12.5. The molecule has 3 aromatic rings. The average molecular weight is 445 g/mol. The summed E-state index contributed by atoms with van der Waals surface area (Å²) < 4.78 is 0. The van der Waals surface area contributed by atoms with E-state index in [-0.39, 0.29) is 17.9 Å². The summed E-state index contributed by atoms with van der Waals surface area (Å²) in [6.45, 7) is 4.30. The van der Waals surface area contributed by atoms with E-state index in [0.29, 0.717) is 0 Å². The molecule has 0 aliphatic carbocycles. The van der Waals surface area contributed by atoms with E-state index in [9.17, 15) is 4.79 Å². The van der Waals surface area contributed by atoms with Crippen LogP contribution in [0.15, 0.2) is 95.9 Å². The number of likely N-dealkylation sites (tertiary alicyclic amines) is 1. The predicted molar refractivity (Wildman–Crippen MR) is 134 cm³/mol. The van der Waals surface area contributed by atoms with Crippen LogP contribution in [0.1, 0.15) is 30.9 Å². The monoisotopic (exact) mass is 444 g/mol. The van der Waals surface area contributed by atoms with Gasteiger partial charge in [0, 0.05) is 10.9 Å². The van der Waals surface area contributed by atoms with E-state index in [0.717, 1.165) is 42.8 Å². The fraction of sp³-hybridized carbons (Fsp3) is 0.321. The largest absolute Gasteiger partial charge is 0.369 e. The number of thioether (sulfide) groups is 1. The van der Waals surface area contributed by atoms with Gasteiger partial charge in [0.05, 0.1) is 0 Å². The van der Waals surface area contributed by atoms with Crippen molar-refractivity contribution in [1.82, 2.24) is 4.90 Å². The summed E-state index contributed by atoms with van der Waals surface area (Å²) >= 11 is 1.91. The van der Waals surface area contributed by atoms with Crippen LogP contribution < -0.4 is 5.73 Å². The number of benzene rings is 3. The zero-order valence-corrected chi connectivity index (χ0v) is 19.5. The third-order valence-electron chi connectivity index (χ3n) is 6.89. The van der Waals surface area contributed by atoms with Crippen molar-refractivity contribution in [2.75, 3.05) is 18.8 Å². The Kier molecular flexibility index (Phi) is 7.33. The van der Waals surface area contributed by atoms with Gasteiger partial charge < -0.3 is 10.6 Å². The highest BCUT2D eigenvalue weighted by Gasteiger charge is 2.52. The molecule has 2 unspecified atom stereocenters. The van der Waals surface area contributed by atoms with Gasteiger partial charge in [-0.25, -0.2) is 0 Å². The Morgan fingerprint density at radius 3 is 2.00 bits per heavy atom. The van der Waals surface area contributed by atoms with Crippen LogP contribution in [0.5, 0.6) is 0 Å². The fourth-order valence-electron chi connectivity index (χ4n) is 5.34. The normalized spacial score (nSPS) is 19.2. The molecule has 3 nitrogen and oxygen atoms in total. The number of rotatable bonds is 9. The van der Waals surface area contributed by atoms with Crippen molar-refractivity contribution in [1.29, 1.82) is 0 Å². The zero-order chi connectivity index (χ0) is 22.4. The number of hydrogen-bond donors (Lipinski definition) is 1. The number of nitrogens with two attached hydrogens (primary N) is 1. The second-order valence-corrected chi connectivity index (χ2v) is 9.76. The quantitative estimate of drug-likeness (QED) is 0.357. The fourth-order valence-corrected chi connectivity index (χ4v) is 6.20. The minimum absolute atomic E-state index is 0.131. The van der Waals surface area contributed by atoms with E-state index in [1.165, 1.54) is 4.90 Å². The summed E-state index contributed by atoms with van der Waals surface area (Å²) in [5.74, 6) is 0.968. The molecule has 4 rings (SSSR count). The lowest BCUT2D eigenvalue weighted by Crippen LogP contribution is -2.51. The molecule has 0 spiro atoms. The molecule has 4 heteroatoms. The molecule has 2 atom stereocenters. The molecule has 1 aliphatic heterocycles. The number of nitrogens with zero attached hydrogens (tertiary/aromatic N) is 1. The number of primary amides is 1. The molecule has 1 fully saturated rings. The van der Waals surface area contributed by atoms with Gasteiger partial charge in [0.1, 0.15) is 5.41 Å². The highest BCUT2D eigenvalue weighted by molar-refractivity contribution is 7.99. The van der Waals surface area contributed by atoms with Crippen LogP contribution in [0.4, 0.5) is 0 Å². The molecule has 32 heavy (non-hydrogen) atoms. The van der Waals surface area contributed by atoms with Gasteiger partial charge >= 0.3 is 0 Å². The van der Waals surface area contributed by atoms with E-state index >= 15 is 0 Å². The summed E-state index contributed by atoms with van der Waals surface area (Å²) in [5.41, 5.74) is 7.42. The van der Waals surface area contributed by atoms with Gasteiger partial charge in [-0.05, 0) is 67.8 Å². The van der Waals surface area contributed by atoms with Gasteiger partial charge in [-0.3, -0.25) is 4.79 Å². The molecule has 0 radical (unpaired) electrons. The van der Waals surface area contributed by atoms with Gasteiger partial charge in [0.25, 0.3) is 0 Å². The van der Waals surface area contributed by atoms with Gasteiger partial charge in [-0.1, -0.05) is 78.9 Å². The van der Waals surface area contributed by atoms with Gasteiger partial charge in [0.15, 0.2) is 0 Å². The number of carbonyl (C=O) groups excluding carboxylic acids is 1. The maximum absolute atomic E-state index is 13.3. The van der Waals surface area contributed by atoms with Crippen LogP contribution in [0.3, 0.4) is 0 Å². The molecular weight excluding hydrogens is 412 g/mol.